The fraction of sp³-hybridized carbons (Fsp3) is 0.545. The lowest BCUT2D eigenvalue weighted by molar-refractivity contribution is 0.567. The second-order valence-corrected chi connectivity index (χ2v) is 4.06. The average molecular weight is 234 g/mol. The van der Waals surface area contributed by atoms with Gasteiger partial charge in [-0.05, 0) is 25.5 Å². The second-order valence-electron chi connectivity index (χ2n) is 4.06. The van der Waals surface area contributed by atoms with E-state index < -0.39 is 0 Å². The molecule has 0 radical (unpaired) electrons. The molecular formula is C11H18N6. The smallest absolute Gasteiger partial charge is 0.0827 e. The number of hydrogen-bond donors (Lipinski definition) is 1. The first kappa shape index (κ1) is 11.8. The van der Waals surface area contributed by atoms with Crippen LogP contribution in [0.3, 0.4) is 0 Å². The van der Waals surface area contributed by atoms with Crippen LogP contribution in [0, 0.1) is 0 Å². The van der Waals surface area contributed by atoms with Crippen molar-refractivity contribution in [2.24, 2.45) is 12.8 Å². The maximum absolute atomic E-state index is 5.46. The summed E-state index contributed by atoms with van der Waals surface area (Å²) in [6.45, 7) is 1.52. The highest BCUT2D eigenvalue weighted by Crippen LogP contribution is 2.01. The summed E-state index contributed by atoms with van der Waals surface area (Å²) in [5.41, 5.74) is 7.67. The van der Waals surface area contributed by atoms with Crippen LogP contribution in [0.1, 0.15) is 17.8 Å². The van der Waals surface area contributed by atoms with E-state index in [4.69, 9.17) is 5.73 Å². The van der Waals surface area contributed by atoms with Gasteiger partial charge in [-0.1, -0.05) is 5.21 Å². The number of hydrogen-bond acceptors (Lipinski definition) is 4. The first-order chi connectivity index (χ1) is 8.29. The van der Waals surface area contributed by atoms with Gasteiger partial charge in [0.05, 0.1) is 5.69 Å². The van der Waals surface area contributed by atoms with Gasteiger partial charge in [-0.3, -0.25) is 9.36 Å². The van der Waals surface area contributed by atoms with E-state index in [1.165, 1.54) is 5.69 Å². The summed E-state index contributed by atoms with van der Waals surface area (Å²) in [6.07, 6.45) is 6.58. The summed E-state index contributed by atoms with van der Waals surface area (Å²) in [4.78, 5) is 0. The molecule has 0 spiro atoms. The highest BCUT2D eigenvalue weighted by atomic mass is 15.4. The van der Waals surface area contributed by atoms with E-state index in [2.05, 4.69) is 15.4 Å². The molecule has 17 heavy (non-hydrogen) atoms. The molecule has 2 rings (SSSR count). The van der Waals surface area contributed by atoms with Crippen LogP contribution in [-0.2, 0) is 26.4 Å². The molecule has 92 valence electrons. The Labute approximate surface area is 100 Å². The van der Waals surface area contributed by atoms with Gasteiger partial charge in [-0.15, -0.1) is 5.10 Å². The number of rotatable bonds is 6. The summed E-state index contributed by atoms with van der Waals surface area (Å²) in [5, 5.41) is 12.3. The summed E-state index contributed by atoms with van der Waals surface area (Å²) < 4.78 is 3.76. The molecule has 0 aromatic carbocycles. The van der Waals surface area contributed by atoms with Gasteiger partial charge in [0.1, 0.15) is 0 Å². The summed E-state index contributed by atoms with van der Waals surface area (Å²) >= 11 is 0. The number of aryl methyl sites for hydroxylation is 4. The lowest BCUT2D eigenvalue weighted by Crippen LogP contribution is -2.06. The third kappa shape index (κ3) is 3.13. The molecule has 0 aliphatic rings. The van der Waals surface area contributed by atoms with Crippen LogP contribution < -0.4 is 5.73 Å². The molecule has 2 heterocycles. The predicted molar refractivity (Wildman–Crippen MR) is 64.3 cm³/mol. The minimum Gasteiger partial charge on any atom is -0.330 e. The van der Waals surface area contributed by atoms with Crippen molar-refractivity contribution in [1.82, 2.24) is 24.8 Å². The van der Waals surface area contributed by atoms with Gasteiger partial charge in [-0.2, -0.15) is 5.10 Å². The van der Waals surface area contributed by atoms with Gasteiger partial charge in [0.25, 0.3) is 0 Å². The average Bonchev–Trinajstić information content (AvgIpc) is 2.93. The number of nitrogens with two attached hydrogens (primary N) is 1. The predicted octanol–water partition coefficient (Wildman–Crippen LogP) is 0.146. The number of nitrogens with zero attached hydrogens (tertiary/aromatic N) is 5. The second kappa shape index (κ2) is 5.58. The van der Waals surface area contributed by atoms with Crippen LogP contribution in [0.5, 0.6) is 0 Å². The van der Waals surface area contributed by atoms with Crippen molar-refractivity contribution < 1.29 is 0 Å². The van der Waals surface area contributed by atoms with Crippen LogP contribution in [0.2, 0.25) is 0 Å². The molecule has 0 saturated heterocycles. The van der Waals surface area contributed by atoms with Gasteiger partial charge in [0, 0.05) is 38.1 Å². The minimum atomic E-state index is 0.696. The molecule has 0 unspecified atom stereocenters. The third-order valence-corrected chi connectivity index (χ3v) is 2.74. The number of aromatic nitrogens is 5. The molecule has 0 aliphatic heterocycles. The fourth-order valence-corrected chi connectivity index (χ4v) is 1.72. The van der Waals surface area contributed by atoms with E-state index in [0.717, 1.165) is 31.5 Å². The van der Waals surface area contributed by atoms with Crippen molar-refractivity contribution in [3.63, 3.8) is 0 Å². The van der Waals surface area contributed by atoms with Crippen molar-refractivity contribution in [1.29, 1.82) is 0 Å². The van der Waals surface area contributed by atoms with Crippen molar-refractivity contribution in [2.45, 2.75) is 25.8 Å². The molecule has 6 heteroatoms. The highest BCUT2D eigenvalue weighted by molar-refractivity contribution is 5.00. The van der Waals surface area contributed by atoms with E-state index in [1.807, 2.05) is 34.9 Å². The van der Waals surface area contributed by atoms with Gasteiger partial charge in [0.15, 0.2) is 0 Å². The molecule has 6 nitrogen and oxygen atoms in total. The van der Waals surface area contributed by atoms with Crippen LogP contribution >= 0.6 is 0 Å². The molecule has 0 fully saturated rings. The topological polar surface area (TPSA) is 74.5 Å². The molecular weight excluding hydrogens is 216 g/mol. The normalized spacial score (nSPS) is 10.9. The van der Waals surface area contributed by atoms with E-state index in [-0.39, 0.29) is 0 Å². The molecule has 0 saturated carbocycles. The maximum atomic E-state index is 5.46. The molecule has 2 aromatic heterocycles. The molecule has 0 aliphatic carbocycles. The van der Waals surface area contributed by atoms with Gasteiger partial charge in [0.2, 0.25) is 0 Å². The Morgan fingerprint density at radius 3 is 2.94 bits per heavy atom. The zero-order chi connectivity index (χ0) is 12.1. The van der Waals surface area contributed by atoms with Crippen molar-refractivity contribution >= 4 is 0 Å². The lowest BCUT2D eigenvalue weighted by Gasteiger charge is -2.01. The van der Waals surface area contributed by atoms with Gasteiger partial charge in [-0.25, -0.2) is 0 Å². The molecule has 2 N–H and O–H groups in total. The maximum Gasteiger partial charge on any atom is 0.0827 e. The Bertz CT molecular complexity index is 458. The first-order valence-corrected chi connectivity index (χ1v) is 5.85. The van der Waals surface area contributed by atoms with Gasteiger partial charge < -0.3 is 5.73 Å². The SMILES string of the molecule is Cn1nccc1CCn1cc(CCCN)nn1. The lowest BCUT2D eigenvalue weighted by atomic mass is 10.2. The van der Waals surface area contributed by atoms with Crippen molar-refractivity contribution in [3.8, 4) is 0 Å². The summed E-state index contributed by atoms with van der Waals surface area (Å²) in [5.74, 6) is 0. The molecule has 2 aromatic rings. The summed E-state index contributed by atoms with van der Waals surface area (Å²) in [6, 6.07) is 2.02. The van der Waals surface area contributed by atoms with E-state index >= 15 is 0 Å². The fourth-order valence-electron chi connectivity index (χ4n) is 1.72. The Morgan fingerprint density at radius 2 is 2.24 bits per heavy atom. The van der Waals surface area contributed by atoms with Gasteiger partial charge >= 0.3 is 0 Å². The van der Waals surface area contributed by atoms with Crippen molar-refractivity contribution in [3.05, 3.63) is 29.8 Å². The Hall–Kier alpha value is -1.69. The summed E-state index contributed by atoms with van der Waals surface area (Å²) in [7, 11) is 1.95. The molecule has 0 amide bonds. The van der Waals surface area contributed by atoms with E-state index in [0.29, 0.717) is 6.54 Å². The molecule has 0 bridgehead atoms. The zero-order valence-electron chi connectivity index (χ0n) is 10.1. The standard InChI is InChI=1S/C11H18N6/c1-16-11(4-7-13-16)5-8-17-9-10(14-15-17)3-2-6-12/h4,7,9H,2-3,5-6,8,12H2,1H3. The van der Waals surface area contributed by atoms with Crippen molar-refractivity contribution in [2.75, 3.05) is 6.54 Å². The monoisotopic (exact) mass is 234 g/mol. The largest absolute Gasteiger partial charge is 0.330 e. The molecule has 0 atom stereocenters. The van der Waals surface area contributed by atoms with Crippen LogP contribution in [0.15, 0.2) is 18.5 Å². The van der Waals surface area contributed by atoms with Crippen LogP contribution in [0.25, 0.3) is 0 Å². The van der Waals surface area contributed by atoms with E-state index in [9.17, 15) is 0 Å². The zero-order valence-corrected chi connectivity index (χ0v) is 10.1. The Kier molecular flexibility index (Phi) is 3.87. The highest BCUT2D eigenvalue weighted by Gasteiger charge is 2.02. The third-order valence-electron chi connectivity index (χ3n) is 2.74. The Morgan fingerprint density at radius 1 is 1.35 bits per heavy atom. The quantitative estimate of drug-likeness (QED) is 0.771. The minimum absolute atomic E-state index is 0.696. The Balaban J connectivity index is 1.87. The first-order valence-electron chi connectivity index (χ1n) is 5.85. The van der Waals surface area contributed by atoms with Crippen LogP contribution in [-0.4, -0.2) is 31.3 Å². The van der Waals surface area contributed by atoms with Crippen LogP contribution in [0.4, 0.5) is 0 Å². The van der Waals surface area contributed by atoms with E-state index in [1.54, 1.807) is 0 Å².